The van der Waals surface area contributed by atoms with E-state index >= 15 is 0 Å². The molecule has 0 saturated heterocycles. The lowest BCUT2D eigenvalue weighted by Gasteiger charge is -2.12. The maximum Gasteiger partial charge on any atom is 0.287 e. The molecule has 0 atom stereocenters. The van der Waals surface area contributed by atoms with Gasteiger partial charge in [-0.15, -0.1) is 0 Å². The molecule has 0 amide bonds. The zero-order valence-corrected chi connectivity index (χ0v) is 14.0. The average Bonchev–Trinajstić information content (AvgIpc) is 2.38. The van der Waals surface area contributed by atoms with Gasteiger partial charge < -0.3 is 4.90 Å². The van der Waals surface area contributed by atoms with Crippen molar-refractivity contribution < 1.29 is 4.98 Å². The molecule has 2 N–H and O–H groups in total. The number of hydrogen-bond acceptors (Lipinski definition) is 2. The van der Waals surface area contributed by atoms with Crippen LogP contribution in [0, 0.1) is 0 Å². The third-order valence-electron chi connectivity index (χ3n) is 2.78. The Morgan fingerprint density at radius 3 is 2.42 bits per heavy atom. The zero-order chi connectivity index (χ0) is 13.8. The zero-order valence-electron chi connectivity index (χ0n) is 10.9. The van der Waals surface area contributed by atoms with E-state index in [1.807, 2.05) is 26.4 Å². The SMILES string of the molecule is CN(C)c1ccc(CNc2[nH+]cc(Br)cc2Br)cc1. The van der Waals surface area contributed by atoms with E-state index in [9.17, 15) is 0 Å². The second-order valence-electron chi connectivity index (χ2n) is 4.46. The predicted octanol–water partition coefficient (Wildman–Crippen LogP) is 3.70. The Morgan fingerprint density at radius 2 is 1.84 bits per heavy atom. The normalized spacial score (nSPS) is 10.3. The van der Waals surface area contributed by atoms with Gasteiger partial charge in [0, 0.05) is 19.8 Å². The van der Waals surface area contributed by atoms with E-state index < -0.39 is 0 Å². The smallest absolute Gasteiger partial charge is 0.287 e. The fourth-order valence-corrected chi connectivity index (χ4v) is 2.83. The highest BCUT2D eigenvalue weighted by molar-refractivity contribution is 9.11. The molecule has 0 aliphatic carbocycles. The molecule has 1 heterocycles. The average molecular weight is 386 g/mol. The van der Waals surface area contributed by atoms with Crippen LogP contribution in [0.4, 0.5) is 11.5 Å². The molecular formula is C14H16Br2N3+. The number of benzene rings is 1. The second-order valence-corrected chi connectivity index (χ2v) is 6.23. The molecule has 5 heteroatoms. The minimum atomic E-state index is 0.782. The summed E-state index contributed by atoms with van der Waals surface area (Å²) in [4.78, 5) is 5.29. The van der Waals surface area contributed by atoms with Crippen molar-refractivity contribution in [3.05, 3.63) is 51.0 Å². The maximum absolute atomic E-state index is 3.52. The molecule has 1 aromatic heterocycles. The molecule has 0 spiro atoms. The lowest BCUT2D eigenvalue weighted by atomic mass is 10.2. The van der Waals surface area contributed by atoms with Gasteiger partial charge in [0.1, 0.15) is 17.2 Å². The topological polar surface area (TPSA) is 29.4 Å². The van der Waals surface area contributed by atoms with Gasteiger partial charge in [-0.1, -0.05) is 12.1 Å². The highest BCUT2D eigenvalue weighted by atomic mass is 79.9. The number of aromatic nitrogens is 1. The van der Waals surface area contributed by atoms with Gasteiger partial charge in [0.05, 0.1) is 4.47 Å². The third kappa shape index (κ3) is 3.94. The summed E-state index contributed by atoms with van der Waals surface area (Å²) in [6.07, 6.45) is 1.90. The van der Waals surface area contributed by atoms with Gasteiger partial charge in [0.25, 0.3) is 5.82 Å². The van der Waals surface area contributed by atoms with Gasteiger partial charge in [-0.25, -0.2) is 4.98 Å². The standard InChI is InChI=1S/C14H15Br2N3/c1-19(2)12-5-3-10(4-6-12)8-17-14-13(16)7-11(15)9-18-14/h3-7,9H,8H2,1-2H3,(H,17,18)/p+1. The molecule has 100 valence electrons. The van der Waals surface area contributed by atoms with E-state index in [4.69, 9.17) is 0 Å². The van der Waals surface area contributed by atoms with Crippen LogP contribution in [0.25, 0.3) is 0 Å². The lowest BCUT2D eigenvalue weighted by Crippen LogP contribution is -2.13. The molecule has 1 aromatic carbocycles. The first-order chi connectivity index (χ1) is 9.06. The summed E-state index contributed by atoms with van der Waals surface area (Å²) in [5.74, 6) is 0.972. The van der Waals surface area contributed by atoms with Crippen LogP contribution < -0.4 is 15.2 Å². The van der Waals surface area contributed by atoms with Gasteiger partial charge in [0.15, 0.2) is 0 Å². The van der Waals surface area contributed by atoms with E-state index in [1.165, 1.54) is 11.3 Å². The van der Waals surface area contributed by atoms with Crippen molar-refractivity contribution in [2.24, 2.45) is 0 Å². The van der Waals surface area contributed by atoms with Crippen molar-refractivity contribution in [1.29, 1.82) is 0 Å². The number of nitrogens with one attached hydrogen (secondary N) is 2. The first-order valence-electron chi connectivity index (χ1n) is 5.93. The van der Waals surface area contributed by atoms with Gasteiger partial charge in [0.2, 0.25) is 0 Å². The van der Waals surface area contributed by atoms with Crippen molar-refractivity contribution in [2.45, 2.75) is 6.54 Å². The van der Waals surface area contributed by atoms with E-state index in [1.54, 1.807) is 0 Å². The van der Waals surface area contributed by atoms with Crippen LogP contribution in [0.1, 0.15) is 5.56 Å². The Bertz CT molecular complexity index is 553. The van der Waals surface area contributed by atoms with Crippen LogP contribution in [-0.2, 0) is 6.54 Å². The van der Waals surface area contributed by atoms with Gasteiger partial charge >= 0.3 is 0 Å². The van der Waals surface area contributed by atoms with Crippen LogP contribution in [0.2, 0.25) is 0 Å². The van der Waals surface area contributed by atoms with Crippen LogP contribution in [0.5, 0.6) is 0 Å². The third-order valence-corrected chi connectivity index (χ3v) is 3.86. The minimum absolute atomic E-state index is 0.782. The van der Waals surface area contributed by atoms with Crippen LogP contribution in [0.15, 0.2) is 45.5 Å². The quantitative estimate of drug-likeness (QED) is 0.869. The lowest BCUT2D eigenvalue weighted by molar-refractivity contribution is -0.362. The number of hydrogen-bond donors (Lipinski definition) is 1. The van der Waals surface area contributed by atoms with E-state index in [2.05, 4.69) is 71.3 Å². The second kappa shape index (κ2) is 6.39. The summed E-state index contributed by atoms with van der Waals surface area (Å²) in [7, 11) is 4.09. The van der Waals surface area contributed by atoms with Gasteiger partial charge in [-0.05, 0) is 55.6 Å². The summed E-state index contributed by atoms with van der Waals surface area (Å²) in [5, 5.41) is 3.37. The number of rotatable bonds is 4. The molecule has 0 radical (unpaired) electrons. The fourth-order valence-electron chi connectivity index (χ4n) is 1.68. The number of H-pyrrole nitrogens is 1. The Morgan fingerprint density at radius 1 is 1.16 bits per heavy atom. The van der Waals surface area contributed by atoms with Gasteiger partial charge in [-0.3, -0.25) is 5.32 Å². The van der Waals surface area contributed by atoms with Gasteiger partial charge in [-0.2, -0.15) is 0 Å². The number of nitrogens with zero attached hydrogens (tertiary/aromatic N) is 1. The van der Waals surface area contributed by atoms with Crippen molar-refractivity contribution >= 4 is 43.4 Å². The molecule has 0 aliphatic heterocycles. The summed E-state index contributed by atoms with van der Waals surface area (Å²) in [6.45, 7) is 0.782. The predicted molar refractivity (Wildman–Crippen MR) is 86.5 cm³/mol. The Kier molecular flexibility index (Phi) is 4.82. The summed E-state index contributed by atoms with van der Waals surface area (Å²) in [5.41, 5.74) is 2.45. The number of halogens is 2. The van der Waals surface area contributed by atoms with Crippen molar-refractivity contribution in [3.8, 4) is 0 Å². The molecule has 0 aliphatic rings. The van der Waals surface area contributed by atoms with Crippen molar-refractivity contribution in [1.82, 2.24) is 0 Å². The molecular weight excluding hydrogens is 370 g/mol. The Labute approximate surface area is 130 Å². The molecule has 2 rings (SSSR count). The van der Waals surface area contributed by atoms with Crippen LogP contribution in [0.3, 0.4) is 0 Å². The van der Waals surface area contributed by atoms with E-state index in [0.29, 0.717) is 0 Å². The molecule has 0 fully saturated rings. The monoisotopic (exact) mass is 384 g/mol. The summed E-state index contributed by atoms with van der Waals surface area (Å²) in [6, 6.07) is 10.5. The first kappa shape index (κ1) is 14.3. The highest BCUT2D eigenvalue weighted by Gasteiger charge is 2.08. The summed E-state index contributed by atoms with van der Waals surface area (Å²) >= 11 is 6.94. The Balaban J connectivity index is 2.02. The van der Waals surface area contributed by atoms with Crippen LogP contribution in [-0.4, -0.2) is 14.1 Å². The number of pyridine rings is 1. The fraction of sp³-hybridized carbons (Fsp3) is 0.214. The largest absolute Gasteiger partial charge is 0.378 e. The Hall–Kier alpha value is -1.07. The van der Waals surface area contributed by atoms with Crippen LogP contribution >= 0.6 is 31.9 Å². The molecule has 0 saturated carbocycles. The summed E-state index contributed by atoms with van der Waals surface area (Å²) < 4.78 is 2.02. The van der Waals surface area contributed by atoms with E-state index in [-0.39, 0.29) is 0 Å². The molecule has 0 bridgehead atoms. The number of aromatic amines is 1. The molecule has 2 aromatic rings. The molecule has 19 heavy (non-hydrogen) atoms. The number of anilines is 2. The first-order valence-corrected chi connectivity index (χ1v) is 7.52. The van der Waals surface area contributed by atoms with Crippen molar-refractivity contribution in [3.63, 3.8) is 0 Å². The minimum Gasteiger partial charge on any atom is -0.378 e. The molecule has 0 unspecified atom stereocenters. The maximum atomic E-state index is 3.52. The van der Waals surface area contributed by atoms with E-state index in [0.717, 1.165) is 21.3 Å². The van der Waals surface area contributed by atoms with Crippen molar-refractivity contribution in [2.75, 3.05) is 24.3 Å². The molecule has 3 nitrogen and oxygen atoms in total. The highest BCUT2D eigenvalue weighted by Crippen LogP contribution is 2.21.